The van der Waals surface area contributed by atoms with Crippen LogP contribution >= 0.6 is 11.6 Å². The summed E-state index contributed by atoms with van der Waals surface area (Å²) in [7, 11) is -6.47. The molecule has 0 atom stereocenters. The molecule has 1 heterocycles. The van der Waals surface area contributed by atoms with Crippen molar-refractivity contribution in [2.24, 2.45) is 0 Å². The van der Waals surface area contributed by atoms with E-state index in [1.807, 2.05) is 0 Å². The number of aromatic hydroxyl groups is 1. The van der Waals surface area contributed by atoms with Crippen LogP contribution in [0.25, 0.3) is 0 Å². The fourth-order valence-corrected chi connectivity index (χ4v) is 4.89. The van der Waals surface area contributed by atoms with Crippen LogP contribution in [0.4, 0.5) is 5.69 Å². The van der Waals surface area contributed by atoms with Crippen molar-refractivity contribution in [2.75, 3.05) is 10.8 Å². The predicted molar refractivity (Wildman–Crippen MR) is 92.4 cm³/mol. The maximum absolute atomic E-state index is 12.8. The van der Waals surface area contributed by atoms with Crippen LogP contribution in [0.5, 0.6) is 5.75 Å². The number of phenolic OH excluding ortho intramolecular Hbond substituents is 1. The molecule has 0 fully saturated rings. The molecule has 1 N–H and O–H groups in total. The van der Waals surface area contributed by atoms with Crippen molar-refractivity contribution in [1.29, 1.82) is 0 Å². The van der Waals surface area contributed by atoms with E-state index in [9.17, 15) is 26.7 Å². The van der Waals surface area contributed by atoms with Crippen LogP contribution < -0.4 is 4.90 Å². The summed E-state index contributed by atoms with van der Waals surface area (Å²) >= 11 is 5.87. The van der Waals surface area contributed by atoms with Gasteiger partial charge < -0.3 is 5.11 Å². The highest BCUT2D eigenvalue weighted by molar-refractivity contribution is 7.92. The lowest BCUT2D eigenvalue weighted by molar-refractivity contribution is 0.0991. The summed E-state index contributed by atoms with van der Waals surface area (Å²) in [6, 6.07) is 8.46. The van der Waals surface area contributed by atoms with E-state index in [2.05, 4.69) is 0 Å². The van der Waals surface area contributed by atoms with Gasteiger partial charge in [-0.25, -0.2) is 16.8 Å². The van der Waals surface area contributed by atoms with E-state index < -0.39 is 43.8 Å². The number of thiol groups is 1. The van der Waals surface area contributed by atoms with Gasteiger partial charge in [-0.05, 0) is 24.3 Å². The minimum atomic E-state index is -3.63. The number of hydrogen-bond acceptors (Lipinski definition) is 6. The largest absolute Gasteiger partial charge is 0.506 e. The van der Waals surface area contributed by atoms with Gasteiger partial charge in [0.15, 0.2) is 9.84 Å². The smallest absolute Gasteiger partial charge is 0.259 e. The molecule has 0 aromatic heterocycles. The Labute approximate surface area is 150 Å². The highest BCUT2D eigenvalue weighted by Gasteiger charge is 2.36. The SMILES string of the molecule is O=C(c1cc(Cl)c(O)c(C[SH](=O)=O)c1)N1CS(=O)(=O)c2ccccc21. The Morgan fingerprint density at radius 2 is 1.92 bits per heavy atom. The molecule has 1 aliphatic heterocycles. The molecule has 1 amide bonds. The van der Waals surface area contributed by atoms with Crippen LogP contribution in [0.2, 0.25) is 5.02 Å². The normalized spacial score (nSPS) is 15.4. The van der Waals surface area contributed by atoms with Crippen molar-refractivity contribution in [2.45, 2.75) is 10.6 Å². The summed E-state index contributed by atoms with van der Waals surface area (Å²) in [5, 5.41) is 9.65. The van der Waals surface area contributed by atoms with Crippen molar-refractivity contribution >= 4 is 43.7 Å². The molecule has 10 heteroatoms. The molecule has 0 radical (unpaired) electrons. The second kappa shape index (κ2) is 6.32. The monoisotopic (exact) mass is 401 g/mol. The molecule has 7 nitrogen and oxygen atoms in total. The number of para-hydroxylation sites is 1. The molecule has 1 aliphatic rings. The van der Waals surface area contributed by atoms with Gasteiger partial charge in [-0.1, -0.05) is 23.7 Å². The van der Waals surface area contributed by atoms with Gasteiger partial charge in [0.2, 0.25) is 0 Å². The first-order valence-corrected chi connectivity index (χ1v) is 10.4. The third-order valence-corrected chi connectivity index (χ3v) is 6.22. The maximum Gasteiger partial charge on any atom is 0.259 e. The number of halogens is 1. The molecule has 2 aromatic rings. The first kappa shape index (κ1) is 17.7. The Morgan fingerprint density at radius 3 is 2.60 bits per heavy atom. The Balaban J connectivity index is 2.07. The zero-order chi connectivity index (χ0) is 18.4. The van der Waals surface area contributed by atoms with Crippen LogP contribution in [-0.4, -0.2) is 33.7 Å². The number of amides is 1. The van der Waals surface area contributed by atoms with E-state index in [0.29, 0.717) is 0 Å². The average Bonchev–Trinajstić information content (AvgIpc) is 2.82. The molecular weight excluding hydrogens is 390 g/mol. The number of phenols is 1. The summed E-state index contributed by atoms with van der Waals surface area (Å²) in [6.07, 6.45) is 0. The predicted octanol–water partition coefficient (Wildman–Crippen LogP) is 1.55. The molecule has 0 unspecified atom stereocenters. The van der Waals surface area contributed by atoms with Gasteiger partial charge in [-0.2, -0.15) is 0 Å². The third-order valence-electron chi connectivity index (χ3n) is 3.72. The van der Waals surface area contributed by atoms with Gasteiger partial charge in [-0.3, -0.25) is 9.69 Å². The highest BCUT2D eigenvalue weighted by atomic mass is 35.5. The average molecular weight is 402 g/mol. The number of benzene rings is 2. The van der Waals surface area contributed by atoms with Crippen LogP contribution in [0, 0.1) is 0 Å². The van der Waals surface area contributed by atoms with Gasteiger partial charge >= 0.3 is 0 Å². The summed E-state index contributed by atoms with van der Waals surface area (Å²) in [5.41, 5.74) is 0.206. The van der Waals surface area contributed by atoms with Crippen LogP contribution in [-0.2, 0) is 26.3 Å². The first-order valence-electron chi connectivity index (χ1n) is 6.97. The van der Waals surface area contributed by atoms with Gasteiger partial charge in [-0.15, -0.1) is 0 Å². The number of nitrogens with zero attached hydrogens (tertiary/aromatic N) is 1. The molecule has 0 aliphatic carbocycles. The van der Waals surface area contributed by atoms with Crippen molar-refractivity contribution in [3.63, 3.8) is 0 Å². The van der Waals surface area contributed by atoms with Crippen molar-refractivity contribution in [3.8, 4) is 5.75 Å². The zero-order valence-corrected chi connectivity index (χ0v) is 15.0. The maximum atomic E-state index is 12.8. The lowest BCUT2D eigenvalue weighted by Crippen LogP contribution is -2.30. The van der Waals surface area contributed by atoms with E-state index in [4.69, 9.17) is 11.6 Å². The number of carbonyl (C=O) groups is 1. The van der Waals surface area contributed by atoms with E-state index in [1.54, 1.807) is 12.1 Å². The fourth-order valence-electron chi connectivity index (χ4n) is 2.62. The number of fused-ring (bicyclic) bond motifs is 1. The lowest BCUT2D eigenvalue weighted by Gasteiger charge is -2.17. The summed E-state index contributed by atoms with van der Waals surface area (Å²) in [5.74, 6) is -2.09. The second-order valence-electron chi connectivity index (χ2n) is 5.40. The topological polar surface area (TPSA) is 109 Å². The van der Waals surface area contributed by atoms with E-state index >= 15 is 0 Å². The minimum absolute atomic E-state index is 0.0125. The van der Waals surface area contributed by atoms with Crippen molar-refractivity contribution < 1.29 is 26.7 Å². The lowest BCUT2D eigenvalue weighted by atomic mass is 10.1. The number of anilines is 1. The Kier molecular flexibility index (Phi) is 4.48. The van der Waals surface area contributed by atoms with Crippen LogP contribution in [0.15, 0.2) is 41.3 Å². The fraction of sp³-hybridized carbons (Fsp3) is 0.133. The first-order chi connectivity index (χ1) is 11.7. The minimum Gasteiger partial charge on any atom is -0.506 e. The number of hydrogen-bond donors (Lipinski definition) is 2. The molecule has 25 heavy (non-hydrogen) atoms. The van der Waals surface area contributed by atoms with E-state index in [0.717, 1.165) is 4.90 Å². The van der Waals surface area contributed by atoms with Gasteiger partial charge in [0.1, 0.15) is 22.3 Å². The molecule has 2 aromatic carbocycles. The molecule has 0 spiro atoms. The Bertz CT molecular complexity index is 1050. The molecule has 0 saturated heterocycles. The van der Waals surface area contributed by atoms with E-state index in [-0.39, 0.29) is 26.7 Å². The molecule has 3 rings (SSSR count). The van der Waals surface area contributed by atoms with Crippen molar-refractivity contribution in [1.82, 2.24) is 0 Å². The van der Waals surface area contributed by atoms with Crippen LogP contribution in [0.3, 0.4) is 0 Å². The summed E-state index contributed by atoms with van der Waals surface area (Å²) < 4.78 is 46.2. The number of sulfone groups is 1. The third kappa shape index (κ3) is 3.22. The highest BCUT2D eigenvalue weighted by Crippen LogP contribution is 2.36. The molecule has 132 valence electrons. The standard InChI is InChI=1S/C15H12ClNO6S2/c16-11-6-9(5-10(14(11)18)7-24(20)21)15(19)17-8-25(22,23)13-4-2-1-3-12(13)17/h1-6,18,24H,7-8H2. The Hall–Kier alpha value is -2.10. The number of carbonyl (C=O) groups excluding carboxylic acids is 1. The van der Waals surface area contributed by atoms with Gasteiger partial charge in [0.25, 0.3) is 5.91 Å². The van der Waals surface area contributed by atoms with Gasteiger partial charge in [0.05, 0.1) is 21.4 Å². The molecular formula is C15H12ClNO6S2. The molecule has 0 saturated carbocycles. The van der Waals surface area contributed by atoms with Crippen LogP contribution in [0.1, 0.15) is 15.9 Å². The summed E-state index contributed by atoms with van der Waals surface area (Å²) in [6.45, 7) is 0. The van der Waals surface area contributed by atoms with Crippen molar-refractivity contribution in [3.05, 3.63) is 52.5 Å². The molecule has 0 bridgehead atoms. The second-order valence-corrected chi connectivity index (χ2v) is 8.72. The Morgan fingerprint density at radius 1 is 1.24 bits per heavy atom. The van der Waals surface area contributed by atoms with Gasteiger partial charge in [0, 0.05) is 11.1 Å². The number of rotatable bonds is 3. The summed E-state index contributed by atoms with van der Waals surface area (Å²) in [4.78, 5) is 13.9. The zero-order valence-electron chi connectivity index (χ0n) is 12.5. The van der Waals surface area contributed by atoms with E-state index in [1.165, 1.54) is 24.3 Å². The quantitative estimate of drug-likeness (QED) is 0.755.